The molecule has 6 nitrogen and oxygen atoms in total. The van der Waals surface area contributed by atoms with Crippen molar-refractivity contribution in [2.45, 2.75) is 44.0 Å². The third-order valence-corrected chi connectivity index (χ3v) is 6.36. The molecule has 0 bridgehead atoms. The van der Waals surface area contributed by atoms with Crippen LogP contribution in [0.2, 0.25) is 0 Å². The second-order valence-electron chi connectivity index (χ2n) is 6.13. The van der Waals surface area contributed by atoms with Crippen LogP contribution in [0.3, 0.4) is 0 Å². The highest BCUT2D eigenvalue weighted by molar-refractivity contribution is 7.89. The Kier molecular flexibility index (Phi) is 5.97. The van der Waals surface area contributed by atoms with Crippen molar-refractivity contribution in [3.8, 4) is 6.07 Å². The first-order chi connectivity index (χ1) is 11.4. The van der Waals surface area contributed by atoms with Gasteiger partial charge in [-0.2, -0.15) is 9.57 Å². The maximum Gasteiger partial charge on any atom is 0.243 e. The lowest BCUT2D eigenvalue weighted by Gasteiger charge is -2.31. The fourth-order valence-electron chi connectivity index (χ4n) is 2.67. The molecule has 0 aliphatic carbocycles. The van der Waals surface area contributed by atoms with Crippen LogP contribution >= 0.6 is 0 Å². The van der Waals surface area contributed by atoms with Gasteiger partial charge in [-0.05, 0) is 50.5 Å². The molecular weight excluding hydrogens is 326 g/mol. The number of amides is 1. The molecule has 1 aliphatic heterocycles. The number of rotatable bonds is 5. The van der Waals surface area contributed by atoms with Crippen LogP contribution in [0.5, 0.6) is 0 Å². The molecule has 0 radical (unpaired) electrons. The van der Waals surface area contributed by atoms with Gasteiger partial charge in [-0.1, -0.05) is 6.92 Å². The fraction of sp³-hybridized carbons (Fsp3) is 0.529. The van der Waals surface area contributed by atoms with Gasteiger partial charge in [0.25, 0.3) is 0 Å². The molecule has 1 aromatic rings. The van der Waals surface area contributed by atoms with Crippen molar-refractivity contribution in [3.05, 3.63) is 29.8 Å². The Labute approximate surface area is 143 Å². The van der Waals surface area contributed by atoms with E-state index < -0.39 is 10.0 Å². The molecule has 0 aromatic heterocycles. The summed E-state index contributed by atoms with van der Waals surface area (Å²) in [4.78, 5) is 12.3. The van der Waals surface area contributed by atoms with Crippen LogP contribution in [0.1, 0.15) is 38.7 Å². The van der Waals surface area contributed by atoms with Crippen molar-refractivity contribution >= 4 is 15.9 Å². The fourth-order valence-corrected chi connectivity index (χ4v) is 4.14. The van der Waals surface area contributed by atoms with E-state index in [-0.39, 0.29) is 22.8 Å². The first-order valence-corrected chi connectivity index (χ1v) is 9.63. The monoisotopic (exact) mass is 349 g/mol. The Balaban J connectivity index is 2.00. The average Bonchev–Trinajstić information content (AvgIpc) is 2.61. The predicted octanol–water partition coefficient (Wildman–Crippen LogP) is 1.87. The van der Waals surface area contributed by atoms with Gasteiger partial charge in [0.2, 0.25) is 15.9 Å². The minimum atomic E-state index is -3.57. The quantitative estimate of drug-likeness (QED) is 0.879. The van der Waals surface area contributed by atoms with Crippen LogP contribution in [0.25, 0.3) is 0 Å². The first-order valence-electron chi connectivity index (χ1n) is 8.19. The molecule has 2 rings (SSSR count). The normalized spacial score (nSPS) is 17.9. The summed E-state index contributed by atoms with van der Waals surface area (Å²) in [6, 6.07) is 8.01. The smallest absolute Gasteiger partial charge is 0.243 e. The summed E-state index contributed by atoms with van der Waals surface area (Å²) in [5.74, 6) is -0.119. The number of nitriles is 1. The minimum Gasteiger partial charge on any atom is -0.353 e. The van der Waals surface area contributed by atoms with Crippen molar-refractivity contribution in [2.24, 2.45) is 5.92 Å². The summed E-state index contributed by atoms with van der Waals surface area (Å²) >= 11 is 0. The maximum atomic E-state index is 12.6. The van der Waals surface area contributed by atoms with Gasteiger partial charge in [0.05, 0.1) is 16.5 Å². The van der Waals surface area contributed by atoms with Gasteiger partial charge >= 0.3 is 0 Å². The molecule has 1 saturated heterocycles. The largest absolute Gasteiger partial charge is 0.353 e. The second kappa shape index (κ2) is 7.77. The molecule has 1 N–H and O–H groups in total. The molecule has 0 spiro atoms. The summed E-state index contributed by atoms with van der Waals surface area (Å²) in [5.41, 5.74) is 0.425. The lowest BCUT2D eigenvalue weighted by molar-refractivity contribution is -0.126. The third-order valence-electron chi connectivity index (χ3n) is 4.45. The van der Waals surface area contributed by atoms with Crippen molar-refractivity contribution in [3.63, 3.8) is 0 Å². The van der Waals surface area contributed by atoms with Crippen LogP contribution in [0.4, 0.5) is 0 Å². The van der Waals surface area contributed by atoms with Crippen LogP contribution in [0, 0.1) is 17.2 Å². The van der Waals surface area contributed by atoms with E-state index in [9.17, 15) is 13.2 Å². The van der Waals surface area contributed by atoms with Crippen LogP contribution < -0.4 is 5.32 Å². The van der Waals surface area contributed by atoms with Gasteiger partial charge in [-0.15, -0.1) is 0 Å². The van der Waals surface area contributed by atoms with E-state index in [4.69, 9.17) is 5.26 Å². The standard InChI is InChI=1S/C17H23N3O3S/c1-3-13(2)19-17(21)15-8-10-20(11-9-15)24(22,23)16-6-4-14(12-18)5-7-16/h4-7,13,15H,3,8-11H2,1-2H3,(H,19,21). The highest BCUT2D eigenvalue weighted by Gasteiger charge is 2.32. The zero-order valence-electron chi connectivity index (χ0n) is 14.0. The molecule has 1 aromatic carbocycles. The number of piperidine rings is 1. The Hall–Kier alpha value is -1.91. The highest BCUT2D eigenvalue weighted by atomic mass is 32.2. The number of carbonyl (C=O) groups is 1. The average molecular weight is 349 g/mol. The summed E-state index contributed by atoms with van der Waals surface area (Å²) in [5, 5.41) is 11.8. The number of sulfonamides is 1. The van der Waals surface area contributed by atoms with E-state index in [0.29, 0.717) is 31.5 Å². The molecule has 0 saturated carbocycles. The summed E-state index contributed by atoms with van der Waals surface area (Å²) in [6.07, 6.45) is 1.92. The van der Waals surface area contributed by atoms with Gasteiger partial charge in [0, 0.05) is 25.0 Å². The van der Waals surface area contributed by atoms with Gasteiger partial charge in [0.15, 0.2) is 0 Å². The molecule has 1 atom stereocenters. The Morgan fingerprint density at radius 1 is 1.33 bits per heavy atom. The zero-order chi connectivity index (χ0) is 17.7. The molecular formula is C17H23N3O3S. The molecule has 24 heavy (non-hydrogen) atoms. The minimum absolute atomic E-state index is 0.0137. The maximum absolute atomic E-state index is 12.6. The molecule has 1 fully saturated rings. The number of nitrogens with one attached hydrogen (secondary N) is 1. The zero-order valence-corrected chi connectivity index (χ0v) is 14.8. The molecule has 1 heterocycles. The van der Waals surface area contributed by atoms with E-state index in [0.717, 1.165) is 6.42 Å². The van der Waals surface area contributed by atoms with Gasteiger partial charge < -0.3 is 5.32 Å². The van der Waals surface area contributed by atoms with Crippen LogP contribution in [-0.4, -0.2) is 37.8 Å². The number of hydrogen-bond acceptors (Lipinski definition) is 4. The number of carbonyl (C=O) groups excluding carboxylic acids is 1. The first kappa shape index (κ1) is 18.4. The van der Waals surface area contributed by atoms with Crippen molar-refractivity contribution in [2.75, 3.05) is 13.1 Å². The predicted molar refractivity (Wildman–Crippen MR) is 90.5 cm³/mol. The molecule has 1 unspecified atom stereocenters. The molecule has 130 valence electrons. The SMILES string of the molecule is CCC(C)NC(=O)C1CCN(S(=O)(=O)c2ccc(C#N)cc2)CC1. The van der Waals surface area contributed by atoms with Gasteiger partial charge in [0.1, 0.15) is 0 Å². The topological polar surface area (TPSA) is 90.3 Å². The van der Waals surface area contributed by atoms with Crippen LogP contribution in [-0.2, 0) is 14.8 Å². The second-order valence-corrected chi connectivity index (χ2v) is 8.07. The van der Waals surface area contributed by atoms with Crippen LogP contribution in [0.15, 0.2) is 29.2 Å². The van der Waals surface area contributed by atoms with Crippen molar-refractivity contribution in [1.82, 2.24) is 9.62 Å². The molecule has 7 heteroatoms. The van der Waals surface area contributed by atoms with Gasteiger partial charge in [-0.25, -0.2) is 8.42 Å². The summed E-state index contributed by atoms with van der Waals surface area (Å²) in [7, 11) is -3.57. The Morgan fingerprint density at radius 2 is 1.92 bits per heavy atom. The Bertz CT molecular complexity index is 714. The highest BCUT2D eigenvalue weighted by Crippen LogP contribution is 2.24. The lowest BCUT2D eigenvalue weighted by atomic mass is 9.97. The van der Waals surface area contributed by atoms with E-state index in [1.165, 1.54) is 28.6 Å². The summed E-state index contributed by atoms with van der Waals surface area (Å²) < 4.78 is 26.7. The number of benzene rings is 1. The van der Waals surface area contributed by atoms with Crippen molar-refractivity contribution in [1.29, 1.82) is 5.26 Å². The van der Waals surface area contributed by atoms with E-state index in [1.54, 1.807) is 0 Å². The summed E-state index contributed by atoms with van der Waals surface area (Å²) in [6.45, 7) is 4.64. The lowest BCUT2D eigenvalue weighted by Crippen LogP contribution is -2.44. The van der Waals surface area contributed by atoms with E-state index in [2.05, 4.69) is 5.32 Å². The molecule has 1 aliphatic rings. The number of hydrogen-bond donors (Lipinski definition) is 1. The van der Waals surface area contributed by atoms with Crippen molar-refractivity contribution < 1.29 is 13.2 Å². The number of nitrogens with zero attached hydrogens (tertiary/aromatic N) is 2. The molecule has 1 amide bonds. The van der Waals surface area contributed by atoms with E-state index >= 15 is 0 Å². The Morgan fingerprint density at radius 3 is 2.42 bits per heavy atom. The van der Waals surface area contributed by atoms with Gasteiger partial charge in [-0.3, -0.25) is 4.79 Å². The van der Waals surface area contributed by atoms with E-state index in [1.807, 2.05) is 19.9 Å². The third kappa shape index (κ3) is 4.13.